The zero-order valence-corrected chi connectivity index (χ0v) is 17.3. The fourth-order valence-corrected chi connectivity index (χ4v) is 3.63. The molecule has 0 spiro atoms. The first-order valence-corrected chi connectivity index (χ1v) is 10.9. The zero-order valence-electron chi connectivity index (χ0n) is 17.3. The Morgan fingerprint density at radius 2 is 1.82 bits per heavy atom. The van der Waals surface area contributed by atoms with Crippen molar-refractivity contribution in [2.75, 3.05) is 6.61 Å². The Hall–Kier alpha value is -1.30. The summed E-state index contributed by atoms with van der Waals surface area (Å²) in [4.78, 5) is 23.2. The van der Waals surface area contributed by atoms with E-state index in [4.69, 9.17) is 5.11 Å². The quantitative estimate of drug-likeness (QED) is 0.275. The number of aliphatic hydroxyl groups excluding tert-OH is 3. The highest BCUT2D eigenvalue weighted by molar-refractivity contribution is 5.94. The van der Waals surface area contributed by atoms with E-state index in [2.05, 4.69) is 6.92 Å². The molecule has 0 aromatic rings. The lowest BCUT2D eigenvalue weighted by molar-refractivity contribution is -0.121. The lowest BCUT2D eigenvalue weighted by atomic mass is 9.88. The lowest BCUT2D eigenvalue weighted by Crippen LogP contribution is -2.24. The molecule has 3 N–H and O–H groups in total. The summed E-state index contributed by atoms with van der Waals surface area (Å²) in [5.74, 6) is -0.110. The van der Waals surface area contributed by atoms with Crippen molar-refractivity contribution >= 4 is 11.6 Å². The van der Waals surface area contributed by atoms with Crippen molar-refractivity contribution in [3.8, 4) is 0 Å². The van der Waals surface area contributed by atoms with Gasteiger partial charge in [0.25, 0.3) is 0 Å². The molecule has 4 atom stereocenters. The molecule has 0 heterocycles. The van der Waals surface area contributed by atoms with Gasteiger partial charge in [-0.05, 0) is 25.3 Å². The molecule has 0 radical (unpaired) electrons. The van der Waals surface area contributed by atoms with Crippen LogP contribution in [0.5, 0.6) is 0 Å². The maximum absolute atomic E-state index is 12.1. The van der Waals surface area contributed by atoms with Crippen molar-refractivity contribution in [3.63, 3.8) is 0 Å². The molecule has 1 rings (SSSR count). The third-order valence-corrected chi connectivity index (χ3v) is 5.49. The highest BCUT2D eigenvalue weighted by Crippen LogP contribution is 2.29. The minimum Gasteiger partial charge on any atom is -0.390 e. The van der Waals surface area contributed by atoms with Crippen molar-refractivity contribution in [2.45, 2.75) is 89.8 Å². The molecule has 0 amide bonds. The van der Waals surface area contributed by atoms with Crippen LogP contribution < -0.4 is 0 Å². The van der Waals surface area contributed by atoms with E-state index in [-0.39, 0.29) is 30.0 Å². The second-order valence-electron chi connectivity index (χ2n) is 7.89. The van der Waals surface area contributed by atoms with Crippen molar-refractivity contribution in [2.24, 2.45) is 11.8 Å². The Balaban J connectivity index is 2.32. The number of aliphatic hydroxyl groups is 3. The molecular weight excluding hydrogens is 356 g/mol. The third kappa shape index (κ3) is 9.76. The van der Waals surface area contributed by atoms with Gasteiger partial charge < -0.3 is 15.3 Å². The Labute approximate surface area is 169 Å². The average Bonchev–Trinajstić information content (AvgIpc) is 3.05. The van der Waals surface area contributed by atoms with E-state index in [0.717, 1.165) is 57.8 Å². The van der Waals surface area contributed by atoms with Crippen molar-refractivity contribution < 1.29 is 24.9 Å². The number of rotatable bonds is 16. The van der Waals surface area contributed by atoms with E-state index < -0.39 is 12.2 Å². The van der Waals surface area contributed by atoms with E-state index in [0.29, 0.717) is 12.8 Å². The Morgan fingerprint density at radius 1 is 1.11 bits per heavy atom. The van der Waals surface area contributed by atoms with Crippen LogP contribution in [0.4, 0.5) is 0 Å². The highest BCUT2D eigenvalue weighted by atomic mass is 16.3. The number of hydrogen-bond donors (Lipinski definition) is 3. The summed E-state index contributed by atoms with van der Waals surface area (Å²) in [6, 6.07) is 0. The molecule has 28 heavy (non-hydrogen) atoms. The standard InChI is InChI=1S/C23H38O5/c1-2-3-4-9-12-22(27)23(28)16-14-18-13-15-21(26)20(18)11-8-6-5-7-10-19(25)17-24/h13-16,18,20,22-24,27-28H,2-12,17H2,1H3/b16-14+/t18-,20-,22?,23?/m1/s1. The van der Waals surface area contributed by atoms with Crippen LogP contribution in [0.1, 0.15) is 77.6 Å². The van der Waals surface area contributed by atoms with Crippen LogP contribution in [0.2, 0.25) is 0 Å². The summed E-state index contributed by atoms with van der Waals surface area (Å²) in [5, 5.41) is 28.9. The van der Waals surface area contributed by atoms with E-state index in [1.165, 1.54) is 0 Å². The minimum atomic E-state index is -0.893. The largest absolute Gasteiger partial charge is 0.390 e. The van der Waals surface area contributed by atoms with Crippen molar-refractivity contribution in [1.29, 1.82) is 0 Å². The smallest absolute Gasteiger partial charge is 0.159 e. The van der Waals surface area contributed by atoms with Gasteiger partial charge in [-0.15, -0.1) is 0 Å². The van der Waals surface area contributed by atoms with Crippen LogP contribution in [0, 0.1) is 11.8 Å². The van der Waals surface area contributed by atoms with Gasteiger partial charge >= 0.3 is 0 Å². The van der Waals surface area contributed by atoms with Gasteiger partial charge in [0.1, 0.15) is 6.61 Å². The van der Waals surface area contributed by atoms with Gasteiger partial charge in [-0.3, -0.25) is 9.59 Å². The summed E-state index contributed by atoms with van der Waals surface area (Å²) >= 11 is 0. The van der Waals surface area contributed by atoms with Gasteiger partial charge in [-0.25, -0.2) is 0 Å². The summed E-state index contributed by atoms with van der Waals surface area (Å²) in [5.41, 5.74) is 0. The van der Waals surface area contributed by atoms with Crippen LogP contribution in [0.15, 0.2) is 24.3 Å². The number of hydrogen-bond acceptors (Lipinski definition) is 5. The van der Waals surface area contributed by atoms with E-state index in [1.807, 2.05) is 12.2 Å². The molecule has 0 bridgehead atoms. The fraction of sp³-hybridized carbons (Fsp3) is 0.739. The average molecular weight is 395 g/mol. The van der Waals surface area contributed by atoms with Crippen LogP contribution in [0.3, 0.4) is 0 Å². The van der Waals surface area contributed by atoms with Crippen LogP contribution in [-0.4, -0.2) is 45.7 Å². The molecule has 0 saturated heterocycles. The number of unbranched alkanes of at least 4 members (excludes halogenated alkanes) is 6. The summed E-state index contributed by atoms with van der Waals surface area (Å²) in [6.07, 6.45) is 15.0. The molecule has 0 aromatic carbocycles. The number of Topliss-reactive ketones (excluding diaryl/α,β-unsaturated/α-hetero) is 1. The number of carbonyl (C=O) groups excluding carboxylic acids is 2. The summed E-state index contributed by atoms with van der Waals surface area (Å²) in [6.45, 7) is 1.76. The molecular formula is C23H38O5. The normalized spacial score (nSPS) is 21.5. The fourth-order valence-electron chi connectivity index (χ4n) is 3.63. The van der Waals surface area contributed by atoms with E-state index in [9.17, 15) is 19.8 Å². The van der Waals surface area contributed by atoms with E-state index in [1.54, 1.807) is 12.2 Å². The van der Waals surface area contributed by atoms with Gasteiger partial charge in [0, 0.05) is 18.3 Å². The topological polar surface area (TPSA) is 94.8 Å². The van der Waals surface area contributed by atoms with Crippen molar-refractivity contribution in [1.82, 2.24) is 0 Å². The zero-order chi connectivity index (χ0) is 20.8. The Morgan fingerprint density at radius 3 is 2.54 bits per heavy atom. The predicted molar refractivity (Wildman–Crippen MR) is 111 cm³/mol. The second kappa shape index (κ2) is 14.7. The minimum absolute atomic E-state index is 0.0228. The highest BCUT2D eigenvalue weighted by Gasteiger charge is 2.28. The second-order valence-corrected chi connectivity index (χ2v) is 7.89. The van der Waals surface area contributed by atoms with Gasteiger partial charge in [0.05, 0.1) is 12.2 Å². The molecule has 0 fully saturated rings. The van der Waals surface area contributed by atoms with Crippen molar-refractivity contribution in [3.05, 3.63) is 24.3 Å². The predicted octanol–water partition coefficient (Wildman–Crippen LogP) is 3.51. The van der Waals surface area contributed by atoms with E-state index >= 15 is 0 Å². The maximum Gasteiger partial charge on any atom is 0.159 e. The van der Waals surface area contributed by atoms with Gasteiger partial charge in [0.15, 0.2) is 11.6 Å². The van der Waals surface area contributed by atoms with Gasteiger partial charge in [-0.1, -0.05) is 70.1 Å². The number of allylic oxidation sites excluding steroid dienone is 3. The van der Waals surface area contributed by atoms with Crippen LogP contribution in [-0.2, 0) is 9.59 Å². The molecule has 1 aliphatic carbocycles. The summed E-state index contributed by atoms with van der Waals surface area (Å²) < 4.78 is 0. The lowest BCUT2D eigenvalue weighted by Gasteiger charge is -2.17. The molecule has 160 valence electrons. The number of carbonyl (C=O) groups is 2. The van der Waals surface area contributed by atoms with Gasteiger partial charge in [0.2, 0.25) is 0 Å². The molecule has 0 saturated carbocycles. The SMILES string of the molecule is CCCCCCC(O)C(O)/C=C/[C@H]1C=CC(=O)[C@@H]1CCCCCCC(=O)CO. The van der Waals surface area contributed by atoms with Gasteiger partial charge in [-0.2, -0.15) is 0 Å². The third-order valence-electron chi connectivity index (χ3n) is 5.49. The maximum atomic E-state index is 12.1. The Kier molecular flexibility index (Phi) is 13.0. The number of ketones is 2. The Bertz CT molecular complexity index is 511. The van der Waals surface area contributed by atoms with Crippen LogP contribution in [0.25, 0.3) is 0 Å². The molecule has 0 aliphatic heterocycles. The first-order chi connectivity index (χ1) is 13.5. The molecule has 2 unspecified atom stereocenters. The molecule has 1 aliphatic rings. The first-order valence-electron chi connectivity index (χ1n) is 10.9. The summed E-state index contributed by atoms with van der Waals surface area (Å²) in [7, 11) is 0. The van der Waals surface area contributed by atoms with Crippen LogP contribution >= 0.6 is 0 Å². The molecule has 5 nitrogen and oxygen atoms in total. The first kappa shape index (κ1) is 24.7. The monoisotopic (exact) mass is 394 g/mol. The molecule has 0 aromatic heterocycles. The molecule has 5 heteroatoms.